The van der Waals surface area contributed by atoms with Gasteiger partial charge in [-0.05, 0) is 30.5 Å². The van der Waals surface area contributed by atoms with Crippen molar-refractivity contribution in [3.05, 3.63) is 34.9 Å². The molecule has 0 bridgehead atoms. The van der Waals surface area contributed by atoms with Gasteiger partial charge in [0.05, 0.1) is 0 Å². The lowest BCUT2D eigenvalue weighted by Crippen LogP contribution is -2.03. The zero-order valence-corrected chi connectivity index (χ0v) is 11.6. The highest BCUT2D eigenvalue weighted by atomic mass is 80.0. The molecule has 1 rings (SSSR count). The molecule has 3 heteroatoms. The van der Waals surface area contributed by atoms with Crippen LogP contribution in [0.4, 0.5) is 0 Å². The summed E-state index contributed by atoms with van der Waals surface area (Å²) in [7, 11) is 0. The van der Waals surface area contributed by atoms with E-state index < -0.39 is 0 Å². The molecule has 0 spiro atoms. The highest BCUT2D eigenvalue weighted by Gasteiger charge is 2.24. The van der Waals surface area contributed by atoms with Crippen molar-refractivity contribution in [1.29, 1.82) is 0 Å². The van der Waals surface area contributed by atoms with E-state index in [1.54, 1.807) is 0 Å². The Morgan fingerprint density at radius 2 is 1.42 bits per heavy atom. The van der Waals surface area contributed by atoms with E-state index in [1.807, 2.05) is 0 Å². The highest BCUT2D eigenvalue weighted by molar-refractivity contribution is 9.38. The number of alkyl halides is 3. The summed E-state index contributed by atoms with van der Waals surface area (Å²) in [5.41, 5.74) is 3.77. The minimum atomic E-state index is -0.289. The molecule has 12 heavy (non-hydrogen) atoms. The quantitative estimate of drug-likeness (QED) is 0.596. The lowest BCUT2D eigenvalue weighted by Gasteiger charge is -2.18. The van der Waals surface area contributed by atoms with E-state index in [0.717, 1.165) is 0 Å². The van der Waals surface area contributed by atoms with E-state index in [-0.39, 0.29) is 2.14 Å². The first kappa shape index (κ1) is 10.7. The van der Waals surface area contributed by atoms with Crippen LogP contribution in [-0.2, 0) is 2.14 Å². The topological polar surface area (TPSA) is 0 Å². The van der Waals surface area contributed by atoms with Crippen molar-refractivity contribution in [1.82, 2.24) is 0 Å². The maximum atomic E-state index is 3.52. The van der Waals surface area contributed by atoms with Crippen LogP contribution in [0.3, 0.4) is 0 Å². The molecule has 0 N–H and O–H groups in total. The molecule has 0 radical (unpaired) electrons. The molecule has 0 saturated carbocycles. The van der Waals surface area contributed by atoms with Crippen molar-refractivity contribution in [3.8, 4) is 0 Å². The molecule has 0 amide bonds. The molecule has 0 aliphatic carbocycles. The number of hydrogen-bond donors (Lipinski definition) is 0. The van der Waals surface area contributed by atoms with Crippen LogP contribution in [-0.4, -0.2) is 0 Å². The molecule has 0 nitrogen and oxygen atoms in total. The van der Waals surface area contributed by atoms with Gasteiger partial charge in [-0.2, -0.15) is 0 Å². The van der Waals surface area contributed by atoms with Crippen molar-refractivity contribution in [2.24, 2.45) is 0 Å². The van der Waals surface area contributed by atoms with Crippen LogP contribution in [0.15, 0.2) is 18.2 Å². The number of aryl methyl sites for hydroxylation is 2. The number of benzene rings is 1. The summed E-state index contributed by atoms with van der Waals surface area (Å²) >= 11 is 10.6. The Balaban J connectivity index is 3.31. The summed E-state index contributed by atoms with van der Waals surface area (Å²) in [6.45, 7) is 4.20. The minimum Gasteiger partial charge on any atom is -0.0617 e. The normalized spacial score (nSPS) is 11.8. The number of rotatable bonds is 0. The zero-order valence-electron chi connectivity index (χ0n) is 6.87. The lowest BCUT2D eigenvalue weighted by molar-refractivity contribution is 1.22. The highest BCUT2D eigenvalue weighted by Crippen LogP contribution is 2.46. The molecule has 0 saturated heterocycles. The fourth-order valence-corrected chi connectivity index (χ4v) is 3.14. The third kappa shape index (κ3) is 2.33. The fraction of sp³-hybridized carbons (Fsp3) is 0.333. The summed E-state index contributed by atoms with van der Waals surface area (Å²) in [6, 6.07) is 6.26. The first-order valence-corrected chi connectivity index (χ1v) is 5.94. The summed E-state index contributed by atoms with van der Waals surface area (Å²) < 4.78 is -0.289. The first-order valence-electron chi connectivity index (χ1n) is 3.56. The van der Waals surface area contributed by atoms with Crippen molar-refractivity contribution in [2.45, 2.75) is 16.0 Å². The van der Waals surface area contributed by atoms with Crippen LogP contribution < -0.4 is 0 Å². The fourth-order valence-electron chi connectivity index (χ4n) is 1.26. The van der Waals surface area contributed by atoms with Crippen molar-refractivity contribution in [2.75, 3.05) is 0 Å². The SMILES string of the molecule is Cc1cccc(C)c1C(Br)(Br)Br. The average Bonchev–Trinajstić information content (AvgIpc) is 1.82. The second-order valence-electron chi connectivity index (χ2n) is 2.76. The van der Waals surface area contributed by atoms with Gasteiger partial charge in [0.15, 0.2) is 2.14 Å². The molecule has 0 aromatic heterocycles. The van der Waals surface area contributed by atoms with Crippen LogP contribution in [0.5, 0.6) is 0 Å². The van der Waals surface area contributed by atoms with E-state index in [4.69, 9.17) is 0 Å². The standard InChI is InChI=1S/C9H9Br3/c1-6-4-3-5-7(2)8(6)9(10,11)12/h3-5H,1-2H3. The Labute approximate surface area is 98.1 Å². The molecule has 0 aliphatic rings. The van der Waals surface area contributed by atoms with Crippen LogP contribution in [0.1, 0.15) is 16.7 Å². The smallest absolute Gasteiger partial charge is 0.0617 e. The maximum Gasteiger partial charge on any atom is 0.160 e. The van der Waals surface area contributed by atoms with Gasteiger partial charge in [-0.3, -0.25) is 0 Å². The van der Waals surface area contributed by atoms with Crippen LogP contribution in [0.25, 0.3) is 0 Å². The third-order valence-corrected chi connectivity index (χ3v) is 2.95. The molecular formula is C9H9Br3. The Bertz CT molecular complexity index is 266. The summed E-state index contributed by atoms with van der Waals surface area (Å²) in [5, 5.41) is 0. The van der Waals surface area contributed by atoms with E-state index in [1.165, 1.54) is 16.7 Å². The minimum absolute atomic E-state index is 0.289. The van der Waals surface area contributed by atoms with Crippen molar-refractivity contribution < 1.29 is 0 Å². The predicted octanol–water partition coefficient (Wildman–Crippen LogP) is 4.60. The van der Waals surface area contributed by atoms with Gasteiger partial charge in [0.2, 0.25) is 0 Å². The molecule has 0 atom stereocenters. The maximum absolute atomic E-state index is 3.52. The predicted molar refractivity (Wildman–Crippen MR) is 64.4 cm³/mol. The van der Waals surface area contributed by atoms with Gasteiger partial charge in [-0.15, -0.1) is 0 Å². The monoisotopic (exact) mass is 354 g/mol. The summed E-state index contributed by atoms with van der Waals surface area (Å²) in [5.74, 6) is 0. The van der Waals surface area contributed by atoms with E-state index in [2.05, 4.69) is 79.8 Å². The Kier molecular flexibility index (Phi) is 3.41. The second-order valence-corrected chi connectivity index (χ2v) is 9.53. The van der Waals surface area contributed by atoms with E-state index in [0.29, 0.717) is 0 Å². The Morgan fingerprint density at radius 1 is 1.00 bits per heavy atom. The van der Waals surface area contributed by atoms with Gasteiger partial charge in [0.1, 0.15) is 0 Å². The largest absolute Gasteiger partial charge is 0.160 e. The second kappa shape index (κ2) is 3.81. The molecule has 0 heterocycles. The van der Waals surface area contributed by atoms with Gasteiger partial charge in [-0.25, -0.2) is 0 Å². The third-order valence-electron chi connectivity index (χ3n) is 1.76. The Morgan fingerprint density at radius 3 is 1.67 bits per heavy atom. The Hall–Kier alpha value is 0.660. The van der Waals surface area contributed by atoms with Gasteiger partial charge >= 0.3 is 0 Å². The van der Waals surface area contributed by atoms with E-state index >= 15 is 0 Å². The molecule has 66 valence electrons. The molecule has 1 aromatic rings. The molecule has 0 fully saturated rings. The van der Waals surface area contributed by atoms with Gasteiger partial charge in [0, 0.05) is 0 Å². The van der Waals surface area contributed by atoms with Crippen LogP contribution in [0.2, 0.25) is 0 Å². The van der Waals surface area contributed by atoms with Crippen molar-refractivity contribution >= 4 is 47.8 Å². The number of hydrogen-bond acceptors (Lipinski definition) is 0. The van der Waals surface area contributed by atoms with Gasteiger partial charge < -0.3 is 0 Å². The lowest BCUT2D eigenvalue weighted by atomic mass is 10.1. The van der Waals surface area contributed by atoms with Crippen molar-refractivity contribution in [3.63, 3.8) is 0 Å². The van der Waals surface area contributed by atoms with Gasteiger partial charge in [0.25, 0.3) is 0 Å². The summed E-state index contributed by atoms with van der Waals surface area (Å²) in [4.78, 5) is 0. The van der Waals surface area contributed by atoms with Crippen LogP contribution >= 0.6 is 47.8 Å². The molecule has 0 unspecified atom stereocenters. The number of halogens is 3. The van der Waals surface area contributed by atoms with Crippen LogP contribution in [0, 0.1) is 13.8 Å². The molecule has 0 aliphatic heterocycles. The van der Waals surface area contributed by atoms with E-state index in [9.17, 15) is 0 Å². The first-order chi connectivity index (χ1) is 5.43. The molecule has 1 aromatic carbocycles. The zero-order chi connectivity index (χ0) is 9.35. The van der Waals surface area contributed by atoms with Gasteiger partial charge in [-0.1, -0.05) is 66.0 Å². The molecular weight excluding hydrogens is 348 g/mol. The summed E-state index contributed by atoms with van der Waals surface area (Å²) in [6.07, 6.45) is 0. The average molecular weight is 357 g/mol.